The molecule has 1 aliphatic rings. The van der Waals surface area contributed by atoms with E-state index < -0.39 is 67.2 Å². The molecule has 1 aromatic rings. The Bertz CT molecular complexity index is 1240. The largest absolute Gasteiger partial charge is 0.454 e. The third-order valence-electron chi connectivity index (χ3n) is 7.91. The summed E-state index contributed by atoms with van der Waals surface area (Å²) in [7, 11) is 1.26. The molecule has 1 aromatic carbocycles. The molecule has 0 bridgehead atoms. The van der Waals surface area contributed by atoms with Gasteiger partial charge in [0.15, 0.2) is 24.6 Å². The lowest BCUT2D eigenvalue weighted by molar-refractivity contribution is -0.300. The van der Waals surface area contributed by atoms with Crippen molar-refractivity contribution in [1.29, 1.82) is 0 Å². The average molecular weight is 704 g/mol. The molecule has 50 heavy (non-hydrogen) atoms. The van der Waals surface area contributed by atoms with E-state index in [2.05, 4.69) is 29.1 Å². The summed E-state index contributed by atoms with van der Waals surface area (Å²) in [4.78, 5) is 65.8. The van der Waals surface area contributed by atoms with Gasteiger partial charge in [-0.2, -0.15) is 0 Å². The average Bonchev–Trinajstić information content (AvgIpc) is 3.09. The number of para-hydroxylation sites is 1. The number of carbonyl (C=O) groups excluding carboxylic acids is 5. The zero-order valence-corrected chi connectivity index (χ0v) is 29.3. The van der Waals surface area contributed by atoms with Gasteiger partial charge in [-0.05, 0) is 37.8 Å². The number of hydrogen-bond acceptors (Lipinski definition) is 11. The number of unbranched alkanes of at least 4 members (excludes halogenated alkanes) is 2. The monoisotopic (exact) mass is 703 g/mol. The molecule has 0 unspecified atom stereocenters. The Kier molecular flexibility index (Phi) is 19.4. The highest BCUT2D eigenvalue weighted by Gasteiger charge is 2.53. The van der Waals surface area contributed by atoms with E-state index in [1.54, 1.807) is 30.3 Å². The number of ether oxygens (including phenoxy) is 5. The number of aliphatic hydroxyl groups is 1. The molecule has 0 saturated carbocycles. The fourth-order valence-electron chi connectivity index (χ4n) is 5.20. The first-order valence-electron chi connectivity index (χ1n) is 17.1. The molecule has 4 N–H and O–H groups in total. The van der Waals surface area contributed by atoms with E-state index in [-0.39, 0.29) is 37.5 Å². The molecule has 14 heteroatoms. The molecule has 278 valence electrons. The molecule has 14 nitrogen and oxygen atoms in total. The summed E-state index contributed by atoms with van der Waals surface area (Å²) in [5.74, 6) is -4.43. The van der Waals surface area contributed by atoms with Crippen LogP contribution in [-0.2, 0) is 42.9 Å². The van der Waals surface area contributed by atoms with E-state index in [0.29, 0.717) is 18.8 Å². The Morgan fingerprint density at radius 1 is 0.820 bits per heavy atom. The van der Waals surface area contributed by atoms with Crippen LogP contribution < -0.4 is 16.0 Å². The first kappa shape index (κ1) is 41.9. The topological polar surface area (TPSA) is 188 Å². The Hall–Kier alpha value is -4.27. The molecule has 0 aromatic heterocycles. The molecule has 1 heterocycles. The van der Waals surface area contributed by atoms with Gasteiger partial charge in [0.1, 0.15) is 6.10 Å². The van der Waals surface area contributed by atoms with Crippen LogP contribution in [0.5, 0.6) is 0 Å². The molecular formula is C36H53N3O11. The van der Waals surface area contributed by atoms with Gasteiger partial charge in [0.2, 0.25) is 11.8 Å². The number of anilines is 1. The second-order valence-electron chi connectivity index (χ2n) is 11.9. The molecule has 0 aliphatic carbocycles. The standard InChI is InChI=1S/C36H53N3O11/c1-6-10-19-37-28(41)21-24(15-8-3)33(43)48-31-30(50-36(45)39-26-17-13-12-14-18-26)27(23-40)47-35(46-5)32(31)49-34(44)25(16-9-4)22-29(42)38-20-11-7-2/h8-9,12-14,17-18,24-25,27,30-32,35,40H,3-4,6-7,10-11,15-16,19-23H2,1-2,5H3,(H,37,41)(H,38,42)(H,39,45)/t24-,25+,27+,30+,31-,32-,35-/m0/s1. The highest BCUT2D eigenvalue weighted by atomic mass is 16.7. The highest BCUT2D eigenvalue weighted by Crippen LogP contribution is 2.31. The summed E-state index contributed by atoms with van der Waals surface area (Å²) >= 11 is 0. The van der Waals surface area contributed by atoms with Gasteiger partial charge in [0.05, 0.1) is 18.4 Å². The summed E-state index contributed by atoms with van der Waals surface area (Å²) in [5.41, 5.74) is 0.394. The van der Waals surface area contributed by atoms with E-state index in [1.807, 2.05) is 13.8 Å². The number of esters is 2. The molecule has 1 saturated heterocycles. The number of methoxy groups -OCH3 is 1. The SMILES string of the molecule is C=CC[C@@H](CC(=O)NCCCC)C(=O)O[C@@H]1[C@H](OC(=O)[C@H](CC=C)CC(=O)NCCCC)[C@@H](OC)O[C@H](CO)[C@H]1OC(=O)Nc1ccccc1. The van der Waals surface area contributed by atoms with Crippen molar-refractivity contribution in [2.45, 2.75) is 95.9 Å². The predicted molar refractivity (Wildman–Crippen MR) is 185 cm³/mol. The van der Waals surface area contributed by atoms with Crippen LogP contribution in [0.4, 0.5) is 10.5 Å². The third kappa shape index (κ3) is 13.9. The maximum Gasteiger partial charge on any atom is 0.412 e. The second-order valence-corrected chi connectivity index (χ2v) is 11.9. The normalized spacial score (nSPS) is 21.1. The van der Waals surface area contributed by atoms with Crippen molar-refractivity contribution in [3.05, 3.63) is 55.6 Å². The number of allylic oxidation sites excluding steroid dienone is 2. The van der Waals surface area contributed by atoms with Gasteiger partial charge in [-0.1, -0.05) is 57.0 Å². The summed E-state index contributed by atoms with van der Waals surface area (Å²) in [6, 6.07) is 8.39. The van der Waals surface area contributed by atoms with Crippen LogP contribution in [0.15, 0.2) is 55.6 Å². The molecule has 1 fully saturated rings. The number of carbonyl (C=O) groups is 5. The van der Waals surface area contributed by atoms with E-state index in [0.717, 1.165) is 25.7 Å². The minimum absolute atomic E-state index is 0.0689. The van der Waals surface area contributed by atoms with E-state index in [1.165, 1.54) is 19.3 Å². The van der Waals surface area contributed by atoms with Gasteiger partial charge >= 0.3 is 18.0 Å². The van der Waals surface area contributed by atoms with Crippen molar-refractivity contribution in [1.82, 2.24) is 10.6 Å². The number of benzene rings is 1. The minimum atomic E-state index is -1.58. The van der Waals surface area contributed by atoms with Crippen LogP contribution >= 0.6 is 0 Å². The lowest BCUT2D eigenvalue weighted by atomic mass is 9.96. The third-order valence-corrected chi connectivity index (χ3v) is 7.91. The summed E-state index contributed by atoms with van der Waals surface area (Å²) in [5, 5.41) is 18.4. The molecule has 1 aliphatic heterocycles. The number of hydrogen-bond donors (Lipinski definition) is 4. The quantitative estimate of drug-likeness (QED) is 0.0596. The molecule has 0 radical (unpaired) electrons. The van der Waals surface area contributed by atoms with Crippen LogP contribution in [0, 0.1) is 11.8 Å². The van der Waals surface area contributed by atoms with Gasteiger partial charge in [-0.3, -0.25) is 24.5 Å². The van der Waals surface area contributed by atoms with E-state index >= 15 is 0 Å². The summed E-state index contributed by atoms with van der Waals surface area (Å²) in [6.45, 7) is 11.5. The van der Waals surface area contributed by atoms with Crippen molar-refractivity contribution >= 4 is 35.5 Å². The van der Waals surface area contributed by atoms with Crippen molar-refractivity contribution in [2.24, 2.45) is 11.8 Å². The van der Waals surface area contributed by atoms with Crippen LogP contribution in [0.3, 0.4) is 0 Å². The summed E-state index contributed by atoms with van der Waals surface area (Å²) in [6.07, 6.45) is -2.38. The molecule has 2 rings (SSSR count). The van der Waals surface area contributed by atoms with Gasteiger partial charge in [-0.25, -0.2) is 4.79 Å². The van der Waals surface area contributed by atoms with Gasteiger partial charge in [-0.15, -0.1) is 13.2 Å². The smallest absolute Gasteiger partial charge is 0.412 e. The Morgan fingerprint density at radius 3 is 1.80 bits per heavy atom. The number of amides is 3. The Balaban J connectivity index is 2.46. The first-order valence-corrected chi connectivity index (χ1v) is 17.1. The van der Waals surface area contributed by atoms with Gasteiger partial charge in [0, 0.05) is 38.7 Å². The second kappa shape index (κ2) is 23.2. The van der Waals surface area contributed by atoms with Crippen molar-refractivity contribution in [3.8, 4) is 0 Å². The Morgan fingerprint density at radius 2 is 1.34 bits per heavy atom. The molecule has 0 spiro atoms. The van der Waals surface area contributed by atoms with Crippen LogP contribution in [0.2, 0.25) is 0 Å². The van der Waals surface area contributed by atoms with E-state index in [9.17, 15) is 29.1 Å². The maximum absolute atomic E-state index is 13.8. The maximum atomic E-state index is 13.8. The fourth-order valence-corrected chi connectivity index (χ4v) is 5.20. The van der Waals surface area contributed by atoms with Crippen molar-refractivity contribution in [3.63, 3.8) is 0 Å². The first-order chi connectivity index (χ1) is 24.1. The van der Waals surface area contributed by atoms with Gasteiger partial charge in [0.25, 0.3) is 0 Å². The number of nitrogens with one attached hydrogen (secondary N) is 3. The highest BCUT2D eigenvalue weighted by molar-refractivity contribution is 5.85. The molecule has 3 amide bonds. The van der Waals surface area contributed by atoms with Gasteiger partial charge < -0.3 is 39.4 Å². The van der Waals surface area contributed by atoms with E-state index in [4.69, 9.17) is 23.7 Å². The van der Waals surface area contributed by atoms with Crippen LogP contribution in [0.1, 0.15) is 65.2 Å². The number of aliphatic hydroxyl groups excluding tert-OH is 1. The van der Waals surface area contributed by atoms with Crippen molar-refractivity contribution < 1.29 is 52.8 Å². The fraction of sp³-hybridized carbons (Fsp3) is 0.583. The van der Waals surface area contributed by atoms with Crippen molar-refractivity contribution in [2.75, 3.05) is 32.1 Å². The number of rotatable bonds is 22. The zero-order chi connectivity index (χ0) is 36.9. The Labute approximate surface area is 294 Å². The zero-order valence-electron chi connectivity index (χ0n) is 29.3. The summed E-state index contributed by atoms with van der Waals surface area (Å²) < 4.78 is 28.8. The molecular weight excluding hydrogens is 650 g/mol. The lowest BCUT2D eigenvalue weighted by Crippen LogP contribution is -2.63. The van der Waals surface area contributed by atoms with Crippen LogP contribution in [0.25, 0.3) is 0 Å². The minimum Gasteiger partial charge on any atom is -0.454 e. The lowest BCUT2D eigenvalue weighted by Gasteiger charge is -2.44. The van der Waals surface area contributed by atoms with Crippen LogP contribution in [-0.4, -0.2) is 92.5 Å². The molecule has 7 atom stereocenters. The predicted octanol–water partition coefficient (Wildman–Crippen LogP) is 3.79.